The number of carbonyl (C=O) groups excluding carboxylic acids is 1. The summed E-state index contributed by atoms with van der Waals surface area (Å²) in [6.45, 7) is 2.09. The van der Waals surface area contributed by atoms with Crippen LogP contribution in [0.25, 0.3) is 0 Å². The van der Waals surface area contributed by atoms with Crippen LogP contribution in [-0.2, 0) is 4.79 Å². The van der Waals surface area contributed by atoms with Crippen molar-refractivity contribution < 1.29 is 27.8 Å². The molecular formula is C25H30ClF3N4O3. The Bertz CT molecular complexity index is 1000. The molecule has 0 saturated carbocycles. The van der Waals surface area contributed by atoms with E-state index in [-0.39, 0.29) is 17.7 Å². The zero-order valence-corrected chi connectivity index (χ0v) is 20.5. The van der Waals surface area contributed by atoms with E-state index < -0.39 is 24.9 Å². The van der Waals surface area contributed by atoms with Crippen LogP contribution in [0.4, 0.5) is 18.9 Å². The first-order valence-corrected chi connectivity index (χ1v) is 12.4. The van der Waals surface area contributed by atoms with Crippen molar-refractivity contribution >= 4 is 23.2 Å². The summed E-state index contributed by atoms with van der Waals surface area (Å²) >= 11 is 5.98. The van der Waals surface area contributed by atoms with E-state index in [4.69, 9.17) is 11.6 Å². The van der Waals surface area contributed by atoms with Crippen LogP contribution in [0, 0.1) is 5.92 Å². The van der Waals surface area contributed by atoms with Crippen molar-refractivity contribution in [3.63, 3.8) is 0 Å². The molecule has 4 rings (SSSR count). The number of aliphatic hydroxyl groups is 1. The van der Waals surface area contributed by atoms with Crippen LogP contribution >= 0.6 is 11.6 Å². The quantitative estimate of drug-likeness (QED) is 0.517. The number of aliphatic hydroxyl groups excluding tert-OH is 1. The van der Waals surface area contributed by atoms with Crippen LogP contribution < -0.4 is 15.0 Å². The Balaban J connectivity index is 1.40. The smallest absolute Gasteiger partial charge is 0.422 e. The van der Waals surface area contributed by atoms with Crippen LogP contribution in [0.15, 0.2) is 42.6 Å². The Hall–Kier alpha value is -2.56. The van der Waals surface area contributed by atoms with E-state index in [1.54, 1.807) is 0 Å². The third kappa shape index (κ3) is 7.24. The number of carbonyl (C=O) groups is 1. The lowest BCUT2D eigenvalue weighted by Crippen LogP contribution is -2.48. The van der Waals surface area contributed by atoms with Gasteiger partial charge < -0.3 is 25.0 Å². The maximum Gasteiger partial charge on any atom is 0.422 e. The molecule has 1 amide bonds. The molecule has 36 heavy (non-hydrogen) atoms. The molecule has 2 aromatic rings. The molecule has 1 aromatic heterocycles. The first kappa shape index (κ1) is 26.5. The van der Waals surface area contributed by atoms with Crippen molar-refractivity contribution in [3.05, 3.63) is 53.2 Å². The zero-order valence-electron chi connectivity index (χ0n) is 19.8. The lowest BCUT2D eigenvalue weighted by atomic mass is 10.0. The summed E-state index contributed by atoms with van der Waals surface area (Å²) in [5.74, 6) is -0.547. The lowest BCUT2D eigenvalue weighted by molar-refractivity contribution is -0.154. The van der Waals surface area contributed by atoms with Gasteiger partial charge in [0.25, 0.3) is 0 Å². The molecule has 2 N–H and O–H groups in total. The number of hydrogen-bond donors (Lipinski definition) is 2. The number of alkyl halides is 3. The highest BCUT2D eigenvalue weighted by atomic mass is 35.5. The average molecular weight is 527 g/mol. The number of amides is 1. The third-order valence-electron chi connectivity index (χ3n) is 6.60. The number of benzene rings is 1. The maximum atomic E-state index is 13.2. The fourth-order valence-electron chi connectivity index (χ4n) is 4.67. The van der Waals surface area contributed by atoms with E-state index in [0.29, 0.717) is 30.1 Å². The van der Waals surface area contributed by atoms with Gasteiger partial charge in [-0.2, -0.15) is 13.2 Å². The highest BCUT2D eigenvalue weighted by Gasteiger charge is 2.33. The standard InChI is InChI=1S/C25H30ClF3N4O3/c26-19-4-6-20(7-5-19)33-12-9-18(14-33)24(35)31-21(15-32-10-1-2-11-32)23(34)17-3-8-22(30-13-17)36-16-25(27,28)29/h3-8,13,18,21,23,34H,1-2,9-12,14-16H2,(H,31,35)/t18-,21-,23-/m1/s1. The third-order valence-corrected chi connectivity index (χ3v) is 6.85. The van der Waals surface area contributed by atoms with Crippen molar-refractivity contribution in [2.75, 3.05) is 44.2 Å². The molecule has 3 atom stereocenters. The lowest BCUT2D eigenvalue weighted by Gasteiger charge is -2.29. The summed E-state index contributed by atoms with van der Waals surface area (Å²) in [5, 5.41) is 14.8. The molecular weight excluding hydrogens is 497 g/mol. The molecule has 0 unspecified atom stereocenters. The zero-order chi connectivity index (χ0) is 25.7. The van der Waals surface area contributed by atoms with E-state index in [0.717, 1.165) is 38.2 Å². The van der Waals surface area contributed by atoms with E-state index in [9.17, 15) is 23.1 Å². The number of nitrogens with zero attached hydrogens (tertiary/aromatic N) is 3. The van der Waals surface area contributed by atoms with Crippen molar-refractivity contribution in [2.45, 2.75) is 37.6 Å². The van der Waals surface area contributed by atoms with Gasteiger partial charge in [0.2, 0.25) is 11.8 Å². The number of likely N-dealkylation sites (tertiary alicyclic amines) is 1. The minimum atomic E-state index is -4.46. The molecule has 0 radical (unpaired) electrons. The molecule has 11 heteroatoms. The highest BCUT2D eigenvalue weighted by molar-refractivity contribution is 6.30. The predicted molar refractivity (Wildman–Crippen MR) is 130 cm³/mol. The Morgan fingerprint density at radius 3 is 2.53 bits per heavy atom. The molecule has 7 nitrogen and oxygen atoms in total. The summed E-state index contributed by atoms with van der Waals surface area (Å²) in [5.41, 5.74) is 1.40. The van der Waals surface area contributed by atoms with E-state index >= 15 is 0 Å². The van der Waals surface area contributed by atoms with Crippen LogP contribution in [-0.4, -0.2) is 72.4 Å². The maximum absolute atomic E-state index is 13.2. The minimum absolute atomic E-state index is 0.132. The largest absolute Gasteiger partial charge is 0.468 e. The first-order chi connectivity index (χ1) is 17.2. The number of aromatic nitrogens is 1. The summed E-state index contributed by atoms with van der Waals surface area (Å²) < 4.78 is 41.8. The summed E-state index contributed by atoms with van der Waals surface area (Å²) in [7, 11) is 0. The second kappa shape index (κ2) is 11.7. The minimum Gasteiger partial charge on any atom is -0.468 e. The van der Waals surface area contributed by atoms with Gasteiger partial charge in [0.15, 0.2) is 6.61 Å². The van der Waals surface area contributed by atoms with Crippen molar-refractivity contribution in [1.82, 2.24) is 15.2 Å². The number of rotatable bonds is 9. The molecule has 1 aromatic carbocycles. The summed E-state index contributed by atoms with van der Waals surface area (Å²) in [6, 6.07) is 9.67. The average Bonchev–Trinajstić information content (AvgIpc) is 3.55. The van der Waals surface area contributed by atoms with E-state index in [1.165, 1.54) is 18.3 Å². The van der Waals surface area contributed by atoms with Crippen molar-refractivity contribution in [3.8, 4) is 5.88 Å². The topological polar surface area (TPSA) is 77.9 Å². The van der Waals surface area contributed by atoms with Crippen molar-refractivity contribution in [1.29, 1.82) is 0 Å². The monoisotopic (exact) mass is 526 g/mol. The van der Waals surface area contributed by atoms with E-state index in [1.807, 2.05) is 24.3 Å². The van der Waals surface area contributed by atoms with Crippen LogP contribution in [0.2, 0.25) is 5.02 Å². The van der Waals surface area contributed by atoms with Gasteiger partial charge >= 0.3 is 6.18 Å². The normalized spacial score (nSPS) is 20.4. The number of halogens is 4. The summed E-state index contributed by atoms with van der Waals surface area (Å²) in [4.78, 5) is 21.4. The Morgan fingerprint density at radius 2 is 1.89 bits per heavy atom. The Labute approximate surface area is 213 Å². The van der Waals surface area contributed by atoms with Crippen molar-refractivity contribution in [2.24, 2.45) is 5.92 Å². The molecule has 2 aliphatic heterocycles. The van der Waals surface area contributed by atoms with Gasteiger partial charge in [-0.15, -0.1) is 0 Å². The Morgan fingerprint density at radius 1 is 1.17 bits per heavy atom. The van der Waals surface area contributed by atoms with Gasteiger partial charge in [-0.05, 0) is 62.7 Å². The first-order valence-electron chi connectivity index (χ1n) is 12.0. The molecule has 2 saturated heterocycles. The summed E-state index contributed by atoms with van der Waals surface area (Å²) in [6.07, 6.45) is -1.45. The Kier molecular flexibility index (Phi) is 8.58. The van der Waals surface area contributed by atoms with Crippen LogP contribution in [0.3, 0.4) is 0 Å². The fraction of sp³-hybridized carbons (Fsp3) is 0.520. The molecule has 2 fully saturated rings. The van der Waals surface area contributed by atoms with Gasteiger partial charge in [-0.1, -0.05) is 11.6 Å². The number of ether oxygens (including phenoxy) is 1. The fourth-order valence-corrected chi connectivity index (χ4v) is 4.80. The number of anilines is 1. The van der Waals surface area contributed by atoms with Gasteiger partial charge in [0, 0.05) is 48.2 Å². The number of nitrogens with one attached hydrogen (secondary N) is 1. The molecule has 3 heterocycles. The SMILES string of the molecule is O=C(N[C@H](CN1CCCC1)[C@H](O)c1ccc(OCC(F)(F)F)nc1)[C@@H]1CCN(c2ccc(Cl)cc2)C1. The molecule has 2 aliphatic rings. The van der Waals surface area contributed by atoms with Gasteiger partial charge in [0.1, 0.15) is 6.10 Å². The highest BCUT2D eigenvalue weighted by Crippen LogP contribution is 2.27. The molecule has 0 aliphatic carbocycles. The van der Waals surface area contributed by atoms with Crippen LogP contribution in [0.1, 0.15) is 30.9 Å². The van der Waals surface area contributed by atoms with Gasteiger partial charge in [0.05, 0.1) is 12.0 Å². The van der Waals surface area contributed by atoms with E-state index in [2.05, 4.69) is 24.8 Å². The number of hydrogen-bond acceptors (Lipinski definition) is 6. The van der Waals surface area contributed by atoms with Gasteiger partial charge in [-0.25, -0.2) is 4.98 Å². The molecule has 196 valence electrons. The van der Waals surface area contributed by atoms with Crippen LogP contribution in [0.5, 0.6) is 5.88 Å². The van der Waals surface area contributed by atoms with Gasteiger partial charge in [-0.3, -0.25) is 4.79 Å². The molecule has 0 spiro atoms. The molecule has 0 bridgehead atoms. The predicted octanol–water partition coefficient (Wildman–Crippen LogP) is 3.82. The number of pyridine rings is 1. The second-order valence-electron chi connectivity index (χ2n) is 9.31. The second-order valence-corrected chi connectivity index (χ2v) is 9.75.